The Bertz CT molecular complexity index is 1070. The quantitative estimate of drug-likeness (QED) is 0.637. The molecule has 2 aromatic heterocycles. The number of carbonyl (C=O) groups excluding carboxylic acids is 1. The van der Waals surface area contributed by atoms with E-state index in [-0.39, 0.29) is 11.9 Å². The van der Waals surface area contributed by atoms with Gasteiger partial charge in [0.05, 0.1) is 5.39 Å². The number of rotatable bonds is 3. The van der Waals surface area contributed by atoms with Gasteiger partial charge in [-0.3, -0.25) is 0 Å². The van der Waals surface area contributed by atoms with Crippen LogP contribution in [-0.4, -0.2) is 47.1 Å². The topological polar surface area (TPSA) is 61.4 Å². The molecule has 3 heterocycles. The largest absolute Gasteiger partial charge is 0.352 e. The summed E-state index contributed by atoms with van der Waals surface area (Å²) < 4.78 is 0. The lowest BCUT2D eigenvalue weighted by atomic mass is 10.1. The zero-order chi connectivity index (χ0) is 21.4. The monoisotopic (exact) mass is 423 g/mol. The lowest BCUT2D eigenvalue weighted by Crippen LogP contribution is -2.50. The molecule has 158 valence electrons. The third-order valence-corrected chi connectivity index (χ3v) is 6.81. The maximum absolute atomic E-state index is 12.7. The summed E-state index contributed by atoms with van der Waals surface area (Å²) in [5, 5.41) is 4.17. The third kappa shape index (κ3) is 3.99. The summed E-state index contributed by atoms with van der Waals surface area (Å²) in [6, 6.07) is 7.85. The molecule has 1 fully saturated rings. The molecule has 0 radical (unpaired) electrons. The minimum Gasteiger partial charge on any atom is -0.352 e. The first-order valence-corrected chi connectivity index (χ1v) is 11.3. The Morgan fingerprint density at radius 3 is 2.33 bits per heavy atom. The molecule has 1 saturated heterocycles. The maximum atomic E-state index is 12.7. The van der Waals surface area contributed by atoms with Crippen LogP contribution in [0, 0.1) is 20.8 Å². The van der Waals surface area contributed by atoms with E-state index in [0.29, 0.717) is 13.1 Å². The van der Waals surface area contributed by atoms with E-state index in [1.54, 1.807) is 11.3 Å². The fourth-order valence-corrected chi connectivity index (χ4v) is 4.72. The van der Waals surface area contributed by atoms with E-state index in [4.69, 9.17) is 9.97 Å². The molecule has 1 N–H and O–H groups in total. The summed E-state index contributed by atoms with van der Waals surface area (Å²) in [6.45, 7) is 13.5. The molecule has 0 aliphatic carbocycles. The van der Waals surface area contributed by atoms with E-state index < -0.39 is 0 Å². The minimum absolute atomic E-state index is 0.0447. The van der Waals surface area contributed by atoms with Crippen LogP contribution in [0.3, 0.4) is 0 Å². The van der Waals surface area contributed by atoms with Crippen molar-refractivity contribution in [3.63, 3.8) is 0 Å². The Hall–Kier alpha value is -2.67. The van der Waals surface area contributed by atoms with Crippen molar-refractivity contribution in [2.75, 3.05) is 36.4 Å². The van der Waals surface area contributed by atoms with Crippen LogP contribution in [0.25, 0.3) is 10.2 Å². The number of benzene rings is 1. The van der Waals surface area contributed by atoms with Gasteiger partial charge in [-0.25, -0.2) is 14.8 Å². The van der Waals surface area contributed by atoms with Crippen LogP contribution in [0.5, 0.6) is 0 Å². The molecular weight excluding hydrogens is 394 g/mol. The molecule has 0 spiro atoms. The Labute approximate surface area is 181 Å². The van der Waals surface area contributed by atoms with Crippen LogP contribution >= 0.6 is 11.3 Å². The number of nitrogens with zero attached hydrogens (tertiary/aromatic N) is 4. The molecule has 3 aromatic rings. The number of urea groups is 1. The second kappa shape index (κ2) is 8.22. The number of amides is 2. The van der Waals surface area contributed by atoms with Crippen LogP contribution in [0.15, 0.2) is 24.3 Å². The molecule has 1 aliphatic rings. The predicted octanol–water partition coefficient (Wildman–Crippen LogP) is 5.09. The zero-order valence-corrected chi connectivity index (χ0v) is 19.1. The zero-order valence-electron chi connectivity index (χ0n) is 18.3. The number of hydrogen-bond acceptors (Lipinski definition) is 5. The number of carbonyl (C=O) groups is 1. The van der Waals surface area contributed by atoms with Crippen LogP contribution in [0.4, 0.5) is 16.3 Å². The number of hydrogen-bond donors (Lipinski definition) is 1. The number of thiophene rings is 1. The smallest absolute Gasteiger partial charge is 0.321 e. The Balaban J connectivity index is 1.51. The molecule has 0 unspecified atom stereocenters. The van der Waals surface area contributed by atoms with Gasteiger partial charge < -0.3 is 15.1 Å². The van der Waals surface area contributed by atoms with E-state index in [9.17, 15) is 4.79 Å². The summed E-state index contributed by atoms with van der Waals surface area (Å²) in [5.74, 6) is 2.18. The van der Waals surface area contributed by atoms with Crippen LogP contribution in [0.2, 0.25) is 0 Å². The lowest BCUT2D eigenvalue weighted by Gasteiger charge is -2.36. The third-order valence-electron chi connectivity index (χ3n) is 5.71. The second-order valence-corrected chi connectivity index (χ2v) is 9.50. The van der Waals surface area contributed by atoms with Gasteiger partial charge in [0, 0.05) is 42.7 Å². The highest BCUT2D eigenvalue weighted by Crippen LogP contribution is 2.36. The maximum Gasteiger partial charge on any atom is 0.321 e. The first kappa shape index (κ1) is 20.6. The molecule has 7 heteroatoms. The summed E-state index contributed by atoms with van der Waals surface area (Å²) in [4.78, 5) is 29.0. The summed E-state index contributed by atoms with van der Waals surface area (Å²) in [5.41, 5.74) is 3.27. The van der Waals surface area contributed by atoms with Gasteiger partial charge in [-0.1, -0.05) is 31.5 Å². The highest BCUT2D eigenvalue weighted by Gasteiger charge is 2.26. The van der Waals surface area contributed by atoms with Crippen molar-refractivity contribution in [1.82, 2.24) is 14.9 Å². The van der Waals surface area contributed by atoms with Gasteiger partial charge in [0.25, 0.3) is 0 Å². The van der Waals surface area contributed by atoms with Gasteiger partial charge in [0.15, 0.2) is 0 Å². The summed E-state index contributed by atoms with van der Waals surface area (Å²) >= 11 is 1.74. The standard InChI is InChI=1S/C23H29N5OS/c1-14(2)20-25-21(19-16(4)17(5)30-22(19)26-20)27-10-12-28(13-11-27)23(29)24-18-8-6-15(3)7-9-18/h6-9,14H,10-13H2,1-5H3,(H,24,29). The highest BCUT2D eigenvalue weighted by atomic mass is 32.1. The lowest BCUT2D eigenvalue weighted by molar-refractivity contribution is 0.208. The van der Waals surface area contributed by atoms with Gasteiger partial charge in [0.2, 0.25) is 0 Å². The Kier molecular flexibility index (Phi) is 5.64. The minimum atomic E-state index is -0.0447. The fraction of sp³-hybridized carbons (Fsp3) is 0.435. The first-order valence-electron chi connectivity index (χ1n) is 10.5. The van der Waals surface area contributed by atoms with Gasteiger partial charge in [-0.2, -0.15) is 0 Å². The molecule has 30 heavy (non-hydrogen) atoms. The number of aromatic nitrogens is 2. The van der Waals surface area contributed by atoms with E-state index in [0.717, 1.165) is 35.2 Å². The van der Waals surface area contributed by atoms with E-state index in [1.807, 2.05) is 36.1 Å². The van der Waals surface area contributed by atoms with Crippen molar-refractivity contribution in [3.05, 3.63) is 46.1 Å². The van der Waals surface area contributed by atoms with Crippen molar-refractivity contribution in [2.24, 2.45) is 0 Å². The van der Waals surface area contributed by atoms with Crippen LogP contribution in [0.1, 0.15) is 41.6 Å². The molecule has 4 rings (SSSR count). The average molecular weight is 424 g/mol. The van der Waals surface area contributed by atoms with Gasteiger partial charge in [-0.15, -0.1) is 11.3 Å². The molecule has 0 bridgehead atoms. The highest BCUT2D eigenvalue weighted by molar-refractivity contribution is 7.18. The van der Waals surface area contributed by atoms with E-state index >= 15 is 0 Å². The van der Waals surface area contributed by atoms with Gasteiger partial charge in [-0.05, 0) is 38.5 Å². The Morgan fingerprint density at radius 2 is 1.70 bits per heavy atom. The van der Waals surface area contributed by atoms with Gasteiger partial charge in [0.1, 0.15) is 16.5 Å². The van der Waals surface area contributed by atoms with E-state index in [1.165, 1.54) is 21.4 Å². The van der Waals surface area contributed by atoms with Crippen molar-refractivity contribution in [2.45, 2.75) is 40.5 Å². The molecule has 1 aromatic carbocycles. The fourth-order valence-electron chi connectivity index (χ4n) is 3.69. The number of fused-ring (bicyclic) bond motifs is 1. The average Bonchev–Trinajstić information content (AvgIpc) is 3.03. The number of nitrogens with one attached hydrogen (secondary N) is 1. The first-order chi connectivity index (χ1) is 14.3. The number of aryl methyl sites for hydroxylation is 3. The van der Waals surface area contributed by atoms with E-state index in [2.05, 4.69) is 37.9 Å². The molecule has 1 aliphatic heterocycles. The van der Waals surface area contributed by atoms with Crippen molar-refractivity contribution in [1.29, 1.82) is 0 Å². The Morgan fingerprint density at radius 1 is 1.03 bits per heavy atom. The summed E-state index contributed by atoms with van der Waals surface area (Å²) in [6.07, 6.45) is 0. The van der Waals surface area contributed by atoms with Crippen LogP contribution < -0.4 is 10.2 Å². The second-order valence-electron chi connectivity index (χ2n) is 8.29. The van der Waals surface area contributed by atoms with Gasteiger partial charge >= 0.3 is 6.03 Å². The molecular formula is C23H29N5OS. The molecule has 0 saturated carbocycles. The van der Waals surface area contributed by atoms with Crippen molar-refractivity contribution >= 4 is 39.1 Å². The van der Waals surface area contributed by atoms with Crippen molar-refractivity contribution in [3.8, 4) is 0 Å². The normalized spacial score (nSPS) is 14.6. The SMILES string of the molecule is Cc1ccc(NC(=O)N2CCN(c3nc(C(C)C)nc4sc(C)c(C)c34)CC2)cc1. The number of piperazine rings is 1. The van der Waals surface area contributed by atoms with Crippen LogP contribution in [-0.2, 0) is 0 Å². The predicted molar refractivity (Wildman–Crippen MR) is 125 cm³/mol. The number of anilines is 2. The molecule has 2 amide bonds. The molecule has 6 nitrogen and oxygen atoms in total. The summed E-state index contributed by atoms with van der Waals surface area (Å²) in [7, 11) is 0. The van der Waals surface area contributed by atoms with Crippen molar-refractivity contribution < 1.29 is 4.79 Å². The molecule has 0 atom stereocenters.